The maximum Gasteiger partial charge on any atom is 0.185 e. The van der Waals surface area contributed by atoms with Gasteiger partial charge in [-0.3, -0.25) is 0 Å². The van der Waals surface area contributed by atoms with Crippen LogP contribution in [0.15, 0.2) is 18.2 Å². The van der Waals surface area contributed by atoms with E-state index in [0.717, 1.165) is 12.8 Å². The lowest BCUT2D eigenvalue weighted by molar-refractivity contribution is 0.406. The fraction of sp³-hybridized carbons (Fsp3) is 0.500. The molecule has 1 aromatic heterocycles. The van der Waals surface area contributed by atoms with Crippen LogP contribution in [-0.2, 0) is 0 Å². The molecule has 1 aromatic carbocycles. The van der Waals surface area contributed by atoms with Gasteiger partial charge in [-0.25, -0.2) is 4.68 Å². The summed E-state index contributed by atoms with van der Waals surface area (Å²) in [4.78, 5) is 0. The number of aromatic nitrogens is 4. The molecule has 0 saturated carbocycles. The predicted molar refractivity (Wildman–Crippen MR) is 81.5 cm³/mol. The summed E-state index contributed by atoms with van der Waals surface area (Å²) < 4.78 is 1.81. The molecule has 5 nitrogen and oxygen atoms in total. The highest BCUT2D eigenvalue weighted by molar-refractivity contribution is 6.33. The minimum atomic E-state index is 0.207. The lowest BCUT2D eigenvalue weighted by Gasteiger charge is -2.15. The van der Waals surface area contributed by atoms with Crippen molar-refractivity contribution >= 4 is 17.3 Å². The molecule has 108 valence electrons. The maximum absolute atomic E-state index is 6.24. The van der Waals surface area contributed by atoms with Crippen molar-refractivity contribution in [1.29, 1.82) is 0 Å². The summed E-state index contributed by atoms with van der Waals surface area (Å²) in [6.45, 7) is 6.52. The summed E-state index contributed by atoms with van der Waals surface area (Å²) in [6.07, 6.45) is 2.14. The molecule has 0 saturated heterocycles. The molecule has 1 unspecified atom stereocenters. The molecule has 0 fully saturated rings. The molecule has 1 atom stereocenters. The Kier molecular flexibility index (Phi) is 4.60. The van der Waals surface area contributed by atoms with Gasteiger partial charge in [0.25, 0.3) is 0 Å². The lowest BCUT2D eigenvalue weighted by Crippen LogP contribution is -2.11. The van der Waals surface area contributed by atoms with Crippen LogP contribution in [0.4, 0.5) is 5.69 Å². The number of anilines is 1. The number of hydrogen-bond donors (Lipinski definition) is 1. The number of nitrogens with two attached hydrogens (primary N) is 1. The van der Waals surface area contributed by atoms with Crippen molar-refractivity contribution in [3.8, 4) is 11.4 Å². The van der Waals surface area contributed by atoms with Gasteiger partial charge in [0.1, 0.15) is 0 Å². The molecule has 0 aliphatic carbocycles. The zero-order chi connectivity index (χ0) is 14.7. The van der Waals surface area contributed by atoms with Gasteiger partial charge in [-0.15, -0.1) is 5.10 Å². The summed E-state index contributed by atoms with van der Waals surface area (Å²) in [5.74, 6) is 1.28. The molecule has 0 aliphatic heterocycles. The topological polar surface area (TPSA) is 69.6 Å². The third-order valence-corrected chi connectivity index (χ3v) is 3.66. The first-order chi connectivity index (χ1) is 9.50. The molecule has 2 N–H and O–H groups in total. The van der Waals surface area contributed by atoms with Gasteiger partial charge in [-0.1, -0.05) is 31.5 Å². The third kappa shape index (κ3) is 3.10. The minimum Gasteiger partial charge on any atom is -0.398 e. The summed E-state index contributed by atoms with van der Waals surface area (Å²) >= 11 is 6.24. The van der Waals surface area contributed by atoms with Crippen molar-refractivity contribution < 1.29 is 0 Å². The first kappa shape index (κ1) is 14.8. The van der Waals surface area contributed by atoms with Crippen molar-refractivity contribution in [2.24, 2.45) is 5.92 Å². The summed E-state index contributed by atoms with van der Waals surface area (Å²) in [5.41, 5.74) is 7.30. The van der Waals surface area contributed by atoms with Gasteiger partial charge in [0.05, 0.1) is 16.6 Å². The Labute approximate surface area is 124 Å². The van der Waals surface area contributed by atoms with Crippen LogP contribution in [0.3, 0.4) is 0 Å². The molecular weight excluding hydrogens is 274 g/mol. The van der Waals surface area contributed by atoms with Crippen LogP contribution in [0.25, 0.3) is 11.4 Å². The normalized spacial score (nSPS) is 12.8. The SMILES string of the molecule is CC(C)CCC(C)n1nnnc1-c1c(N)cccc1Cl. The fourth-order valence-electron chi connectivity index (χ4n) is 2.13. The number of nitrogen functional groups attached to an aromatic ring is 1. The van der Waals surface area contributed by atoms with E-state index in [-0.39, 0.29) is 6.04 Å². The largest absolute Gasteiger partial charge is 0.398 e. The highest BCUT2D eigenvalue weighted by Gasteiger charge is 2.19. The van der Waals surface area contributed by atoms with Gasteiger partial charge in [0.2, 0.25) is 0 Å². The lowest BCUT2D eigenvalue weighted by atomic mass is 10.0. The van der Waals surface area contributed by atoms with Gasteiger partial charge in [0.15, 0.2) is 5.82 Å². The van der Waals surface area contributed by atoms with E-state index in [9.17, 15) is 0 Å². The van der Waals surface area contributed by atoms with Gasteiger partial charge < -0.3 is 5.73 Å². The molecule has 1 heterocycles. The quantitative estimate of drug-likeness (QED) is 0.856. The highest BCUT2D eigenvalue weighted by atomic mass is 35.5. The average molecular weight is 294 g/mol. The first-order valence-electron chi connectivity index (χ1n) is 6.83. The maximum atomic E-state index is 6.24. The van der Waals surface area contributed by atoms with Crippen molar-refractivity contribution in [1.82, 2.24) is 20.2 Å². The van der Waals surface area contributed by atoms with Crippen LogP contribution in [0, 0.1) is 5.92 Å². The van der Waals surface area contributed by atoms with Crippen molar-refractivity contribution in [3.05, 3.63) is 23.2 Å². The number of halogens is 1. The number of tetrazole rings is 1. The molecule has 0 aliphatic rings. The zero-order valence-electron chi connectivity index (χ0n) is 12.0. The second-order valence-electron chi connectivity index (χ2n) is 5.47. The third-order valence-electron chi connectivity index (χ3n) is 3.34. The van der Waals surface area contributed by atoms with E-state index in [2.05, 4.69) is 36.3 Å². The Morgan fingerprint density at radius 3 is 2.65 bits per heavy atom. The summed E-state index contributed by atoms with van der Waals surface area (Å²) in [5, 5.41) is 12.5. The Morgan fingerprint density at radius 2 is 2.00 bits per heavy atom. The Hall–Kier alpha value is -1.62. The molecule has 0 radical (unpaired) electrons. The first-order valence-corrected chi connectivity index (χ1v) is 7.20. The fourth-order valence-corrected chi connectivity index (χ4v) is 2.40. The summed E-state index contributed by atoms with van der Waals surface area (Å²) in [6, 6.07) is 5.62. The van der Waals surface area contributed by atoms with Crippen LogP contribution < -0.4 is 5.73 Å². The zero-order valence-corrected chi connectivity index (χ0v) is 12.8. The van der Waals surface area contributed by atoms with E-state index in [4.69, 9.17) is 17.3 Å². The Morgan fingerprint density at radius 1 is 1.25 bits per heavy atom. The Balaban J connectivity index is 2.33. The van der Waals surface area contributed by atoms with Gasteiger partial charge in [-0.05, 0) is 48.2 Å². The van der Waals surface area contributed by atoms with E-state index in [1.165, 1.54) is 0 Å². The standard InChI is InChI=1S/C14H20ClN5/c1-9(2)7-8-10(3)20-14(17-18-19-20)13-11(15)5-4-6-12(13)16/h4-6,9-10H,7-8,16H2,1-3H3. The molecule has 0 bridgehead atoms. The van der Waals surface area contributed by atoms with Gasteiger partial charge >= 0.3 is 0 Å². The van der Waals surface area contributed by atoms with Crippen molar-refractivity contribution in [3.63, 3.8) is 0 Å². The molecule has 6 heteroatoms. The smallest absolute Gasteiger partial charge is 0.185 e. The molecule has 20 heavy (non-hydrogen) atoms. The molecule has 0 amide bonds. The van der Waals surface area contributed by atoms with Gasteiger partial charge in [0, 0.05) is 5.69 Å². The number of rotatable bonds is 5. The summed E-state index contributed by atoms with van der Waals surface area (Å²) in [7, 11) is 0. The second-order valence-corrected chi connectivity index (χ2v) is 5.88. The van der Waals surface area contributed by atoms with Crippen LogP contribution in [0.5, 0.6) is 0 Å². The molecule has 0 spiro atoms. The number of nitrogens with zero attached hydrogens (tertiary/aromatic N) is 4. The van der Waals surface area contributed by atoms with Crippen molar-refractivity contribution in [2.75, 3.05) is 5.73 Å². The number of hydrogen-bond acceptors (Lipinski definition) is 4. The molecule has 2 aromatic rings. The number of benzene rings is 1. The minimum absolute atomic E-state index is 0.207. The average Bonchev–Trinajstić information content (AvgIpc) is 2.85. The highest BCUT2D eigenvalue weighted by Crippen LogP contribution is 2.33. The molecule has 2 rings (SSSR count). The van der Waals surface area contributed by atoms with E-state index in [0.29, 0.717) is 28.0 Å². The van der Waals surface area contributed by atoms with Gasteiger partial charge in [-0.2, -0.15) is 0 Å². The monoisotopic (exact) mass is 293 g/mol. The van der Waals surface area contributed by atoms with Crippen molar-refractivity contribution in [2.45, 2.75) is 39.7 Å². The van der Waals surface area contributed by atoms with Crippen LogP contribution >= 0.6 is 11.6 Å². The Bertz CT molecular complexity index is 558. The van der Waals surface area contributed by atoms with Crippen LogP contribution in [0.2, 0.25) is 5.02 Å². The predicted octanol–water partition coefficient (Wildman–Crippen LogP) is 3.57. The van der Waals surface area contributed by atoms with E-state index < -0.39 is 0 Å². The second kappa shape index (κ2) is 6.22. The van der Waals surface area contributed by atoms with Crippen LogP contribution in [-0.4, -0.2) is 20.2 Å². The van der Waals surface area contributed by atoms with E-state index >= 15 is 0 Å². The molecular formula is C14H20ClN5. The van der Waals surface area contributed by atoms with Crippen LogP contribution in [0.1, 0.15) is 39.7 Å². The van der Waals surface area contributed by atoms with E-state index in [1.54, 1.807) is 16.8 Å². The van der Waals surface area contributed by atoms with E-state index in [1.807, 2.05) is 6.07 Å².